The van der Waals surface area contributed by atoms with E-state index < -0.39 is 0 Å². The zero-order chi connectivity index (χ0) is 13.0. The van der Waals surface area contributed by atoms with Crippen molar-refractivity contribution >= 4 is 12.0 Å². The van der Waals surface area contributed by atoms with Crippen LogP contribution in [0.15, 0.2) is 30.5 Å². The maximum atomic E-state index is 12.2. The smallest absolute Gasteiger partial charge is 0.247 e. The number of likely N-dealkylation sites (tertiary alicyclic amines) is 1. The Morgan fingerprint density at radius 3 is 2.67 bits per heavy atom. The Hall–Kier alpha value is -1.64. The number of carbonyl (C=O) groups excluding carboxylic acids is 1. The van der Waals surface area contributed by atoms with E-state index in [1.54, 1.807) is 18.3 Å². The lowest BCUT2D eigenvalue weighted by molar-refractivity contribution is -0.131. The zero-order valence-corrected chi connectivity index (χ0v) is 11.0. The monoisotopic (exact) mass is 244 g/mol. The molecule has 0 radical (unpaired) electrons. The van der Waals surface area contributed by atoms with Gasteiger partial charge in [-0.15, -0.1) is 0 Å². The van der Waals surface area contributed by atoms with Gasteiger partial charge in [-0.05, 0) is 51.3 Å². The SMILES string of the molecule is C[C@@H]1CCC[C@@H](C)N1C(=O)/C=C\c1ccccn1. The van der Waals surface area contributed by atoms with E-state index in [9.17, 15) is 4.79 Å². The molecule has 0 aliphatic carbocycles. The molecule has 1 saturated heterocycles. The summed E-state index contributed by atoms with van der Waals surface area (Å²) in [5, 5.41) is 0. The summed E-state index contributed by atoms with van der Waals surface area (Å²) >= 11 is 0. The maximum Gasteiger partial charge on any atom is 0.247 e. The summed E-state index contributed by atoms with van der Waals surface area (Å²) in [7, 11) is 0. The lowest BCUT2D eigenvalue weighted by Crippen LogP contribution is -2.46. The van der Waals surface area contributed by atoms with Crippen molar-refractivity contribution < 1.29 is 4.79 Å². The van der Waals surface area contributed by atoms with Crippen molar-refractivity contribution in [2.24, 2.45) is 0 Å². The van der Waals surface area contributed by atoms with Gasteiger partial charge in [-0.25, -0.2) is 0 Å². The van der Waals surface area contributed by atoms with Crippen LogP contribution in [0.5, 0.6) is 0 Å². The van der Waals surface area contributed by atoms with Gasteiger partial charge >= 0.3 is 0 Å². The van der Waals surface area contributed by atoms with Crippen molar-refractivity contribution in [2.75, 3.05) is 0 Å². The van der Waals surface area contributed by atoms with Crippen molar-refractivity contribution in [3.8, 4) is 0 Å². The number of hydrogen-bond donors (Lipinski definition) is 0. The standard InChI is InChI=1S/C15H20N2O/c1-12-6-5-7-13(2)17(12)15(18)10-9-14-8-3-4-11-16-14/h3-4,8-13H,5-7H2,1-2H3/b10-9-/t12-,13-/m1/s1. The molecule has 1 aromatic rings. The molecule has 2 heterocycles. The number of rotatable bonds is 2. The van der Waals surface area contributed by atoms with Crippen LogP contribution < -0.4 is 0 Å². The fourth-order valence-electron chi connectivity index (χ4n) is 2.57. The quantitative estimate of drug-likeness (QED) is 0.749. The second-order valence-corrected chi connectivity index (χ2v) is 4.96. The molecule has 18 heavy (non-hydrogen) atoms. The molecule has 1 aliphatic rings. The average molecular weight is 244 g/mol. The largest absolute Gasteiger partial charge is 0.334 e. The molecule has 96 valence electrons. The molecule has 0 unspecified atom stereocenters. The molecule has 0 bridgehead atoms. The number of hydrogen-bond acceptors (Lipinski definition) is 2. The first kappa shape index (κ1) is 12.8. The van der Waals surface area contributed by atoms with Crippen molar-refractivity contribution in [3.63, 3.8) is 0 Å². The zero-order valence-electron chi connectivity index (χ0n) is 11.0. The summed E-state index contributed by atoms with van der Waals surface area (Å²) in [6, 6.07) is 6.37. The molecule has 1 aliphatic heterocycles. The number of nitrogens with zero attached hydrogens (tertiary/aromatic N) is 2. The molecule has 3 heteroatoms. The van der Waals surface area contributed by atoms with Gasteiger partial charge in [0.25, 0.3) is 0 Å². The predicted octanol–water partition coefficient (Wildman–Crippen LogP) is 2.88. The normalized spacial score (nSPS) is 24.4. The predicted molar refractivity (Wildman–Crippen MR) is 72.9 cm³/mol. The Labute approximate surface area is 109 Å². The summed E-state index contributed by atoms with van der Waals surface area (Å²) in [4.78, 5) is 18.4. The van der Waals surface area contributed by atoms with Gasteiger partial charge in [0.1, 0.15) is 0 Å². The highest BCUT2D eigenvalue weighted by Gasteiger charge is 2.27. The molecule has 3 nitrogen and oxygen atoms in total. The van der Waals surface area contributed by atoms with Gasteiger partial charge in [0.15, 0.2) is 0 Å². The highest BCUT2D eigenvalue weighted by Crippen LogP contribution is 2.22. The number of pyridine rings is 1. The van der Waals surface area contributed by atoms with Gasteiger partial charge in [0.2, 0.25) is 5.91 Å². The van der Waals surface area contributed by atoms with Crippen molar-refractivity contribution in [3.05, 3.63) is 36.2 Å². The number of piperidine rings is 1. The van der Waals surface area contributed by atoms with Crippen LogP contribution in [0.25, 0.3) is 6.08 Å². The Balaban J connectivity index is 2.05. The summed E-state index contributed by atoms with van der Waals surface area (Å²) in [6.07, 6.45) is 8.59. The van der Waals surface area contributed by atoms with E-state index in [1.807, 2.05) is 23.1 Å². The molecule has 1 amide bonds. The molecule has 2 atom stereocenters. The first-order valence-electron chi connectivity index (χ1n) is 6.60. The topological polar surface area (TPSA) is 33.2 Å². The first-order valence-corrected chi connectivity index (χ1v) is 6.60. The molecule has 0 spiro atoms. The molecule has 2 rings (SSSR count). The van der Waals surface area contributed by atoms with Crippen molar-refractivity contribution in [2.45, 2.75) is 45.2 Å². The van der Waals surface area contributed by atoms with E-state index in [0.717, 1.165) is 18.5 Å². The summed E-state index contributed by atoms with van der Waals surface area (Å²) in [6.45, 7) is 4.25. The minimum absolute atomic E-state index is 0.0975. The van der Waals surface area contributed by atoms with E-state index in [0.29, 0.717) is 12.1 Å². The minimum atomic E-state index is 0.0975. The van der Waals surface area contributed by atoms with E-state index in [1.165, 1.54) is 6.42 Å². The Morgan fingerprint density at radius 1 is 1.33 bits per heavy atom. The Kier molecular flexibility index (Phi) is 4.13. The van der Waals surface area contributed by atoms with Crippen LogP contribution in [0.3, 0.4) is 0 Å². The van der Waals surface area contributed by atoms with Gasteiger partial charge in [-0.2, -0.15) is 0 Å². The number of aromatic nitrogens is 1. The van der Waals surface area contributed by atoms with Crippen molar-refractivity contribution in [1.29, 1.82) is 0 Å². The third kappa shape index (κ3) is 2.97. The molecule has 1 aromatic heterocycles. The Bertz CT molecular complexity index is 417. The molecule has 1 fully saturated rings. The third-order valence-electron chi connectivity index (χ3n) is 3.53. The summed E-state index contributed by atoms with van der Waals surface area (Å²) < 4.78 is 0. The molecular weight excluding hydrogens is 224 g/mol. The molecule has 0 N–H and O–H groups in total. The van der Waals surface area contributed by atoms with E-state index in [2.05, 4.69) is 18.8 Å². The van der Waals surface area contributed by atoms with Gasteiger partial charge in [-0.3, -0.25) is 9.78 Å². The van der Waals surface area contributed by atoms with Crippen LogP contribution >= 0.6 is 0 Å². The van der Waals surface area contributed by atoms with Gasteiger partial charge in [0.05, 0.1) is 5.69 Å². The molecule has 0 aromatic carbocycles. The van der Waals surface area contributed by atoms with Gasteiger partial charge in [-0.1, -0.05) is 6.07 Å². The number of carbonyl (C=O) groups is 1. The van der Waals surface area contributed by atoms with Crippen molar-refractivity contribution in [1.82, 2.24) is 9.88 Å². The van der Waals surface area contributed by atoms with Crippen LogP contribution in [-0.4, -0.2) is 27.9 Å². The van der Waals surface area contributed by atoms with Gasteiger partial charge < -0.3 is 4.90 Å². The fourth-order valence-corrected chi connectivity index (χ4v) is 2.57. The Morgan fingerprint density at radius 2 is 2.06 bits per heavy atom. The lowest BCUT2D eigenvalue weighted by Gasteiger charge is -2.38. The van der Waals surface area contributed by atoms with E-state index in [-0.39, 0.29) is 5.91 Å². The number of amides is 1. The average Bonchev–Trinajstić information content (AvgIpc) is 2.37. The van der Waals surface area contributed by atoms with E-state index >= 15 is 0 Å². The van der Waals surface area contributed by atoms with E-state index in [4.69, 9.17) is 0 Å². The van der Waals surface area contributed by atoms with Crippen LogP contribution in [-0.2, 0) is 4.79 Å². The van der Waals surface area contributed by atoms with Gasteiger partial charge in [0, 0.05) is 24.4 Å². The van der Waals surface area contributed by atoms with Crippen LogP contribution in [0.1, 0.15) is 38.8 Å². The first-order chi connectivity index (χ1) is 8.68. The summed E-state index contributed by atoms with van der Waals surface area (Å²) in [5.41, 5.74) is 0.822. The second-order valence-electron chi connectivity index (χ2n) is 4.96. The maximum absolute atomic E-state index is 12.2. The molecule has 0 saturated carbocycles. The summed E-state index contributed by atoms with van der Waals surface area (Å²) in [5.74, 6) is 0.0975. The van der Waals surface area contributed by atoms with Crippen LogP contribution in [0.2, 0.25) is 0 Å². The highest BCUT2D eigenvalue weighted by molar-refractivity contribution is 5.92. The lowest BCUT2D eigenvalue weighted by atomic mass is 9.97. The third-order valence-corrected chi connectivity index (χ3v) is 3.53. The molecular formula is C15H20N2O. The van der Waals surface area contributed by atoms with Crippen LogP contribution in [0, 0.1) is 0 Å². The highest BCUT2D eigenvalue weighted by atomic mass is 16.2. The second kappa shape index (κ2) is 5.80. The van der Waals surface area contributed by atoms with Crippen LogP contribution in [0.4, 0.5) is 0 Å². The minimum Gasteiger partial charge on any atom is -0.334 e. The fraction of sp³-hybridized carbons (Fsp3) is 0.467.